The van der Waals surface area contributed by atoms with E-state index in [2.05, 4.69) is 127 Å². The first-order chi connectivity index (χ1) is 15.7. The molecule has 0 heterocycles. The van der Waals surface area contributed by atoms with Gasteiger partial charge in [-0.1, -0.05) is 81.6 Å². The Bertz CT molecular complexity index is 608. The molecule has 4 nitrogen and oxygen atoms in total. The van der Waals surface area contributed by atoms with Gasteiger partial charge in [-0.25, -0.2) is 22.5 Å². The van der Waals surface area contributed by atoms with Crippen LogP contribution in [0.25, 0.3) is 0 Å². The zero-order chi connectivity index (χ0) is 27.3. The Labute approximate surface area is 240 Å². The molecule has 2 aliphatic carbocycles. The molecule has 7 heteroatoms. The monoisotopic (exact) mass is 686 g/mol. The molecule has 0 saturated heterocycles. The van der Waals surface area contributed by atoms with Gasteiger partial charge in [-0.15, -0.1) is 12.8 Å². The van der Waals surface area contributed by atoms with Crippen LogP contribution in [0, 0.1) is 12.2 Å². The molecule has 2 rings (SSSR count). The average molecular weight is 685 g/mol. The molecule has 0 aromatic rings. The summed E-state index contributed by atoms with van der Waals surface area (Å²) in [5, 5.41) is 19.5. The molecule has 0 radical (unpaired) electrons. The van der Waals surface area contributed by atoms with Gasteiger partial charge in [-0.05, 0) is 24.2 Å². The molecule has 200 valence electrons. The van der Waals surface area contributed by atoms with Crippen LogP contribution in [0.1, 0.15) is 68.2 Å². The quantitative estimate of drug-likeness (QED) is 0.266. The molecule has 0 aromatic carbocycles. The minimum absolute atomic E-state index is 0. The second-order valence-electron chi connectivity index (χ2n) is 10.7. The standard InChI is InChI=1S/2C13H24NSi.2CH3O.Hf/c2*1-11(2)14(12(3)4)15(5,6)13-9-7-8-10-13;2*1-2;/h2*7,9,11-12H,8H2,1-6H3;2*1H3;/q4*-1;+4. The Balaban J connectivity index is -0.000000499. The van der Waals surface area contributed by atoms with Crippen LogP contribution >= 0.6 is 0 Å². The van der Waals surface area contributed by atoms with Gasteiger partial charge < -0.3 is 19.3 Å². The third-order valence-electron chi connectivity index (χ3n) is 6.22. The first-order valence-electron chi connectivity index (χ1n) is 12.7. The summed E-state index contributed by atoms with van der Waals surface area (Å²) in [7, 11) is -1.45. The maximum atomic E-state index is 8.25. The van der Waals surface area contributed by atoms with Crippen LogP contribution in [-0.4, -0.2) is 64.0 Å². The predicted octanol–water partition coefficient (Wildman–Crippen LogP) is 5.03. The van der Waals surface area contributed by atoms with E-state index in [-0.39, 0.29) is 25.8 Å². The molecule has 0 spiro atoms. The Hall–Kier alpha value is 0.104. The zero-order valence-electron chi connectivity index (χ0n) is 25.2. The van der Waals surface area contributed by atoms with Crippen molar-refractivity contribution in [1.29, 1.82) is 0 Å². The number of hydrogen-bond acceptors (Lipinski definition) is 4. The fourth-order valence-corrected chi connectivity index (χ4v) is 13.5. The predicted molar refractivity (Wildman–Crippen MR) is 152 cm³/mol. The van der Waals surface area contributed by atoms with E-state index in [9.17, 15) is 0 Å². The Kier molecular flexibility index (Phi) is 21.7. The summed E-state index contributed by atoms with van der Waals surface area (Å²) in [6, 6.07) is 2.48. The van der Waals surface area contributed by atoms with Gasteiger partial charge in [-0.2, -0.15) is 26.4 Å². The maximum absolute atomic E-state index is 8.25. The van der Waals surface area contributed by atoms with E-state index in [4.69, 9.17) is 10.2 Å². The minimum Gasteiger partial charge on any atom is -0.857 e. The van der Waals surface area contributed by atoms with Crippen LogP contribution in [0.5, 0.6) is 0 Å². The van der Waals surface area contributed by atoms with Crippen molar-refractivity contribution < 1.29 is 36.1 Å². The second-order valence-corrected chi connectivity index (χ2v) is 19.0. The molecule has 0 amide bonds. The van der Waals surface area contributed by atoms with E-state index in [0.29, 0.717) is 24.2 Å². The Morgan fingerprint density at radius 3 is 0.971 bits per heavy atom. The number of rotatable bonds is 8. The van der Waals surface area contributed by atoms with E-state index >= 15 is 0 Å². The van der Waals surface area contributed by atoms with Gasteiger partial charge in [0, 0.05) is 0 Å². The second kappa shape index (κ2) is 19.2. The van der Waals surface area contributed by atoms with Crippen LogP contribution in [0.15, 0.2) is 34.7 Å². The van der Waals surface area contributed by atoms with E-state index in [1.54, 1.807) is 0 Å². The number of nitrogens with zero attached hydrogens (tertiary/aromatic N) is 2. The van der Waals surface area contributed by atoms with Crippen molar-refractivity contribution in [2.45, 2.75) is 119 Å². The molecule has 0 aliphatic heterocycles. The van der Waals surface area contributed by atoms with Crippen LogP contribution in [0.4, 0.5) is 0 Å². The summed E-state index contributed by atoms with van der Waals surface area (Å²) in [6.07, 6.45) is 18.1. The Morgan fingerprint density at radius 2 is 0.829 bits per heavy atom. The first kappa shape index (κ1) is 39.6. The first-order valence-corrected chi connectivity index (χ1v) is 18.6. The zero-order valence-corrected chi connectivity index (χ0v) is 30.8. The molecule has 0 saturated carbocycles. The molecule has 35 heavy (non-hydrogen) atoms. The molecular weight excluding hydrogens is 631 g/mol. The summed E-state index contributed by atoms with van der Waals surface area (Å²) < 4.78 is 5.37. The van der Waals surface area contributed by atoms with Crippen molar-refractivity contribution in [1.82, 2.24) is 9.13 Å². The van der Waals surface area contributed by atoms with Gasteiger partial charge in [0.15, 0.2) is 0 Å². The van der Waals surface area contributed by atoms with Crippen molar-refractivity contribution in [2.24, 2.45) is 0 Å². The van der Waals surface area contributed by atoms with Gasteiger partial charge >= 0.3 is 25.8 Å². The maximum Gasteiger partial charge on any atom is 4.00 e. The van der Waals surface area contributed by atoms with Crippen molar-refractivity contribution in [2.75, 3.05) is 14.2 Å². The van der Waals surface area contributed by atoms with Crippen LogP contribution in [0.2, 0.25) is 26.2 Å². The van der Waals surface area contributed by atoms with E-state index in [1.807, 2.05) is 0 Å². The van der Waals surface area contributed by atoms with E-state index < -0.39 is 16.5 Å². The van der Waals surface area contributed by atoms with Crippen molar-refractivity contribution >= 4 is 16.5 Å². The van der Waals surface area contributed by atoms with Gasteiger partial charge in [0.2, 0.25) is 0 Å². The molecule has 0 aromatic heterocycles. The largest absolute Gasteiger partial charge is 4.00 e. The van der Waals surface area contributed by atoms with Crippen molar-refractivity contribution in [3.8, 4) is 0 Å². The molecule has 0 atom stereocenters. The van der Waals surface area contributed by atoms with Crippen LogP contribution < -0.4 is 10.2 Å². The molecule has 0 unspecified atom stereocenters. The van der Waals surface area contributed by atoms with Gasteiger partial charge in [0.05, 0.1) is 0 Å². The molecule has 0 N–H and O–H groups in total. The van der Waals surface area contributed by atoms with Crippen LogP contribution in [-0.2, 0) is 25.8 Å². The summed E-state index contributed by atoms with van der Waals surface area (Å²) in [6.45, 7) is 28.1. The van der Waals surface area contributed by atoms with E-state index in [0.717, 1.165) is 27.1 Å². The average Bonchev–Trinajstić information content (AvgIpc) is 3.44. The smallest absolute Gasteiger partial charge is 0.857 e. The van der Waals surface area contributed by atoms with E-state index in [1.165, 1.54) is 10.4 Å². The SMILES string of the molecule is CC(C)N(C(C)C)[Si](C)(C)C1=[C-]CC=C1.CC(C)N(C(C)C)[Si](C)(C)C1=[C-]CC=C1.C[O-].C[O-].[Hf+4]. The normalized spacial score (nSPS) is 14.9. The Morgan fingerprint density at radius 1 is 0.600 bits per heavy atom. The summed E-state index contributed by atoms with van der Waals surface area (Å²) in [5.74, 6) is 0. The number of allylic oxidation sites excluding steroid dienone is 8. The third-order valence-corrected chi connectivity index (χ3v) is 14.2. The van der Waals surface area contributed by atoms with Crippen molar-refractivity contribution in [3.63, 3.8) is 0 Å². The molecule has 2 aliphatic rings. The van der Waals surface area contributed by atoms with Gasteiger partial charge in [0.25, 0.3) is 0 Å². The topological polar surface area (TPSA) is 52.6 Å². The summed E-state index contributed by atoms with van der Waals surface area (Å²) >= 11 is 0. The fraction of sp³-hybridized carbons (Fsp3) is 0.714. The molecule has 0 fully saturated rings. The summed E-state index contributed by atoms with van der Waals surface area (Å²) in [5.41, 5.74) is 0. The van der Waals surface area contributed by atoms with Gasteiger partial charge in [-0.3, -0.25) is 12.2 Å². The van der Waals surface area contributed by atoms with Crippen LogP contribution in [0.3, 0.4) is 0 Å². The minimum atomic E-state index is -1.47. The molecule has 0 bridgehead atoms. The van der Waals surface area contributed by atoms with Gasteiger partial charge in [0.1, 0.15) is 16.5 Å². The van der Waals surface area contributed by atoms with Crippen molar-refractivity contribution in [3.05, 3.63) is 46.8 Å². The number of hydrogen-bond donors (Lipinski definition) is 0. The summed E-state index contributed by atoms with van der Waals surface area (Å²) in [4.78, 5) is 0. The fourth-order valence-electron chi connectivity index (χ4n) is 5.70. The third kappa shape index (κ3) is 12.0. The molecular formula is C28H54HfN2O2Si2.